The fourth-order valence-corrected chi connectivity index (χ4v) is 3.11. The van der Waals surface area contributed by atoms with Gasteiger partial charge in [0.05, 0.1) is 14.2 Å². The summed E-state index contributed by atoms with van der Waals surface area (Å²) in [5, 5.41) is 1.47. The Morgan fingerprint density at radius 2 is 1.88 bits per heavy atom. The van der Waals surface area contributed by atoms with Gasteiger partial charge in [-0.2, -0.15) is 0 Å². The smallest absolute Gasteiger partial charge is 0.144 e. The van der Waals surface area contributed by atoms with Gasteiger partial charge in [-0.05, 0) is 17.9 Å². The normalized spacial score (nSPS) is 11.4. The van der Waals surface area contributed by atoms with Crippen molar-refractivity contribution in [2.45, 2.75) is 25.7 Å². The van der Waals surface area contributed by atoms with Crippen LogP contribution in [0.4, 0.5) is 0 Å². The van der Waals surface area contributed by atoms with E-state index in [4.69, 9.17) is 21.1 Å². The van der Waals surface area contributed by atoms with Crippen molar-refractivity contribution >= 4 is 27.5 Å². The molecule has 0 saturated carbocycles. The minimum absolute atomic E-state index is 0.00472. The molecule has 0 radical (unpaired) electrons. The SMILES string of the molecule is COc1ccc(C(C)(C)CCBr)c(OC)c1Cl. The highest BCUT2D eigenvalue weighted by atomic mass is 79.9. The summed E-state index contributed by atoms with van der Waals surface area (Å²) in [6.07, 6.45) is 1.01. The van der Waals surface area contributed by atoms with Crippen LogP contribution < -0.4 is 9.47 Å². The number of ether oxygens (including phenoxy) is 2. The van der Waals surface area contributed by atoms with Crippen molar-refractivity contribution in [3.05, 3.63) is 22.7 Å². The first-order valence-electron chi connectivity index (χ1n) is 5.45. The predicted molar refractivity (Wildman–Crippen MR) is 76.0 cm³/mol. The van der Waals surface area contributed by atoms with Crippen molar-refractivity contribution < 1.29 is 9.47 Å². The van der Waals surface area contributed by atoms with Crippen LogP contribution in [0.3, 0.4) is 0 Å². The molecular weight excluding hydrogens is 303 g/mol. The van der Waals surface area contributed by atoms with Crippen LogP contribution >= 0.6 is 27.5 Å². The fourth-order valence-electron chi connectivity index (χ4n) is 1.80. The summed E-state index contributed by atoms with van der Waals surface area (Å²) in [5.74, 6) is 1.35. The van der Waals surface area contributed by atoms with E-state index in [2.05, 4.69) is 29.8 Å². The lowest BCUT2D eigenvalue weighted by molar-refractivity contribution is 0.378. The molecule has 0 heterocycles. The molecule has 0 aliphatic carbocycles. The molecule has 0 aliphatic heterocycles. The van der Waals surface area contributed by atoms with Crippen LogP contribution in [0.25, 0.3) is 0 Å². The number of hydrogen-bond acceptors (Lipinski definition) is 2. The average Bonchev–Trinajstić information content (AvgIpc) is 2.28. The zero-order valence-electron chi connectivity index (χ0n) is 10.6. The molecule has 1 aromatic carbocycles. The number of halogens is 2. The predicted octanol–water partition coefficient (Wildman–Crippen LogP) is 4.42. The molecule has 17 heavy (non-hydrogen) atoms. The van der Waals surface area contributed by atoms with E-state index in [0.29, 0.717) is 16.5 Å². The molecule has 0 saturated heterocycles. The van der Waals surface area contributed by atoms with Gasteiger partial charge in [0.1, 0.15) is 16.5 Å². The van der Waals surface area contributed by atoms with Gasteiger partial charge in [-0.3, -0.25) is 0 Å². The molecule has 96 valence electrons. The van der Waals surface area contributed by atoms with Crippen molar-refractivity contribution in [1.29, 1.82) is 0 Å². The second-order valence-electron chi connectivity index (χ2n) is 4.49. The van der Waals surface area contributed by atoms with Gasteiger partial charge >= 0.3 is 0 Å². The molecule has 1 rings (SSSR count). The summed E-state index contributed by atoms with van der Waals surface area (Å²) in [7, 11) is 3.23. The van der Waals surface area contributed by atoms with E-state index >= 15 is 0 Å². The second kappa shape index (κ2) is 5.96. The zero-order valence-corrected chi connectivity index (χ0v) is 13.0. The third kappa shape index (κ3) is 3.08. The van der Waals surface area contributed by atoms with E-state index in [1.54, 1.807) is 14.2 Å². The van der Waals surface area contributed by atoms with Gasteiger partial charge in [0, 0.05) is 10.9 Å². The molecule has 0 bridgehead atoms. The molecular formula is C13H18BrClO2. The number of methoxy groups -OCH3 is 2. The Bertz CT molecular complexity index is 391. The number of benzene rings is 1. The van der Waals surface area contributed by atoms with Crippen molar-refractivity contribution in [3.63, 3.8) is 0 Å². The van der Waals surface area contributed by atoms with E-state index in [0.717, 1.165) is 17.3 Å². The standard InChI is InChI=1S/C13H18BrClO2/c1-13(2,7-8-14)9-5-6-10(16-3)11(15)12(9)17-4/h5-6H,7-8H2,1-4H3. The van der Waals surface area contributed by atoms with Crippen LogP contribution in [0, 0.1) is 0 Å². The Morgan fingerprint density at radius 3 is 2.35 bits per heavy atom. The van der Waals surface area contributed by atoms with Crippen molar-refractivity contribution in [2.24, 2.45) is 0 Å². The Hall–Kier alpha value is -0.410. The lowest BCUT2D eigenvalue weighted by Gasteiger charge is -2.27. The fraction of sp³-hybridized carbons (Fsp3) is 0.538. The lowest BCUT2D eigenvalue weighted by atomic mass is 9.81. The van der Waals surface area contributed by atoms with E-state index in [-0.39, 0.29) is 5.41 Å². The van der Waals surface area contributed by atoms with Gasteiger partial charge in [-0.1, -0.05) is 47.4 Å². The van der Waals surface area contributed by atoms with Crippen LogP contribution in [-0.4, -0.2) is 19.5 Å². The second-order valence-corrected chi connectivity index (χ2v) is 5.66. The largest absolute Gasteiger partial charge is 0.495 e. The molecule has 0 unspecified atom stereocenters. The first-order valence-corrected chi connectivity index (χ1v) is 6.94. The van der Waals surface area contributed by atoms with Crippen LogP contribution in [0.2, 0.25) is 5.02 Å². The van der Waals surface area contributed by atoms with E-state index in [1.165, 1.54) is 0 Å². The number of hydrogen-bond donors (Lipinski definition) is 0. The van der Waals surface area contributed by atoms with Crippen LogP contribution in [-0.2, 0) is 5.41 Å². The Labute approximate surface area is 116 Å². The Balaban J connectivity index is 3.30. The highest BCUT2D eigenvalue weighted by Crippen LogP contribution is 2.43. The molecule has 4 heteroatoms. The van der Waals surface area contributed by atoms with Gasteiger partial charge in [0.15, 0.2) is 0 Å². The summed E-state index contributed by atoms with van der Waals surface area (Å²) in [5.41, 5.74) is 1.11. The van der Waals surface area contributed by atoms with Gasteiger partial charge in [-0.25, -0.2) is 0 Å². The first kappa shape index (κ1) is 14.7. The molecule has 0 amide bonds. The Kier molecular flexibility index (Phi) is 5.14. The highest BCUT2D eigenvalue weighted by Gasteiger charge is 2.26. The van der Waals surface area contributed by atoms with Crippen molar-refractivity contribution in [1.82, 2.24) is 0 Å². The molecule has 0 N–H and O–H groups in total. The van der Waals surface area contributed by atoms with Gasteiger partial charge in [0.25, 0.3) is 0 Å². The van der Waals surface area contributed by atoms with Crippen LogP contribution in [0.5, 0.6) is 11.5 Å². The molecule has 0 aromatic heterocycles. The third-order valence-corrected chi connectivity index (χ3v) is 3.69. The molecule has 0 fully saturated rings. The van der Waals surface area contributed by atoms with Gasteiger partial charge in [-0.15, -0.1) is 0 Å². The zero-order chi connectivity index (χ0) is 13.1. The quantitative estimate of drug-likeness (QED) is 0.747. The topological polar surface area (TPSA) is 18.5 Å². The lowest BCUT2D eigenvalue weighted by Crippen LogP contribution is -2.19. The third-order valence-electron chi connectivity index (χ3n) is 2.93. The summed E-state index contributed by atoms with van der Waals surface area (Å²) in [6.45, 7) is 4.35. The summed E-state index contributed by atoms with van der Waals surface area (Å²) < 4.78 is 10.6. The van der Waals surface area contributed by atoms with Crippen LogP contribution in [0.1, 0.15) is 25.8 Å². The maximum Gasteiger partial charge on any atom is 0.144 e. The number of rotatable bonds is 5. The number of alkyl halides is 1. The van der Waals surface area contributed by atoms with Crippen LogP contribution in [0.15, 0.2) is 12.1 Å². The summed E-state index contributed by atoms with van der Waals surface area (Å²) >= 11 is 9.74. The van der Waals surface area contributed by atoms with Crippen molar-refractivity contribution in [3.8, 4) is 11.5 Å². The van der Waals surface area contributed by atoms with E-state index in [9.17, 15) is 0 Å². The molecule has 2 nitrogen and oxygen atoms in total. The minimum Gasteiger partial charge on any atom is -0.495 e. The Morgan fingerprint density at radius 1 is 1.24 bits per heavy atom. The van der Waals surface area contributed by atoms with Gasteiger partial charge < -0.3 is 9.47 Å². The van der Waals surface area contributed by atoms with Gasteiger partial charge in [0.2, 0.25) is 0 Å². The summed E-state index contributed by atoms with van der Waals surface area (Å²) in [4.78, 5) is 0. The molecule has 0 atom stereocenters. The average molecular weight is 322 g/mol. The first-order chi connectivity index (χ1) is 7.97. The van der Waals surface area contributed by atoms with E-state index < -0.39 is 0 Å². The minimum atomic E-state index is 0.00472. The molecule has 1 aromatic rings. The molecule has 0 aliphatic rings. The maximum absolute atomic E-state index is 6.26. The highest BCUT2D eigenvalue weighted by molar-refractivity contribution is 9.09. The van der Waals surface area contributed by atoms with E-state index in [1.807, 2.05) is 12.1 Å². The monoisotopic (exact) mass is 320 g/mol. The maximum atomic E-state index is 6.26. The van der Waals surface area contributed by atoms with Crippen molar-refractivity contribution in [2.75, 3.05) is 19.5 Å². The molecule has 0 spiro atoms. The summed E-state index contributed by atoms with van der Waals surface area (Å²) in [6, 6.07) is 3.91.